The summed E-state index contributed by atoms with van der Waals surface area (Å²) in [4.78, 5) is 26.4. The molecule has 6 atom stereocenters. The van der Waals surface area contributed by atoms with E-state index >= 15 is 0 Å². The SMILES string of the molecule is CCCCCCCCC#CC#CCCCC(=O)O[C@@H]1[C@@H](OC(=O)CCCC#CC#CCCCCCCCC)[C@@H](OC)O[C@@H]2CO[C@@H](c3ccccc3)O[C@@H]12. The zero-order valence-corrected chi connectivity index (χ0v) is 33.0. The van der Waals surface area contributed by atoms with Crippen molar-refractivity contribution < 1.29 is 38.0 Å². The van der Waals surface area contributed by atoms with E-state index in [0.717, 1.165) is 31.2 Å². The number of fused-ring (bicyclic) bond motifs is 1. The highest BCUT2D eigenvalue weighted by atomic mass is 16.8. The Balaban J connectivity index is 1.54. The maximum atomic E-state index is 13.2. The third kappa shape index (κ3) is 18.0. The molecular formula is C46H62O8. The van der Waals surface area contributed by atoms with Crippen LogP contribution in [-0.2, 0) is 38.0 Å². The van der Waals surface area contributed by atoms with Gasteiger partial charge in [0.05, 0.1) is 6.61 Å². The monoisotopic (exact) mass is 742 g/mol. The molecule has 2 saturated heterocycles. The first-order valence-electron chi connectivity index (χ1n) is 20.4. The molecule has 3 rings (SSSR count). The van der Waals surface area contributed by atoms with Crippen molar-refractivity contribution in [1.29, 1.82) is 0 Å². The van der Waals surface area contributed by atoms with E-state index in [4.69, 9.17) is 28.4 Å². The van der Waals surface area contributed by atoms with Crippen molar-refractivity contribution in [2.75, 3.05) is 13.7 Å². The number of carbonyl (C=O) groups is 2. The van der Waals surface area contributed by atoms with Crippen molar-refractivity contribution in [3.8, 4) is 47.4 Å². The van der Waals surface area contributed by atoms with Gasteiger partial charge in [-0.2, -0.15) is 0 Å². The molecular weight excluding hydrogens is 680 g/mol. The average Bonchev–Trinajstić information content (AvgIpc) is 3.19. The lowest BCUT2D eigenvalue weighted by atomic mass is 9.97. The van der Waals surface area contributed by atoms with Crippen LogP contribution in [0.15, 0.2) is 30.3 Å². The third-order valence-corrected chi connectivity index (χ3v) is 9.28. The Bertz CT molecular complexity index is 1460. The quantitative estimate of drug-likeness (QED) is 0.0661. The second-order valence-electron chi connectivity index (χ2n) is 13.8. The number of carbonyl (C=O) groups excluding carboxylic acids is 2. The predicted octanol–water partition coefficient (Wildman–Crippen LogP) is 9.15. The summed E-state index contributed by atoms with van der Waals surface area (Å²) in [7, 11) is 1.46. The molecule has 2 aliphatic rings. The fourth-order valence-electron chi connectivity index (χ4n) is 6.25. The van der Waals surface area contributed by atoms with E-state index in [9.17, 15) is 9.59 Å². The van der Waals surface area contributed by atoms with E-state index in [2.05, 4.69) is 61.2 Å². The zero-order valence-electron chi connectivity index (χ0n) is 33.0. The molecule has 8 nitrogen and oxygen atoms in total. The summed E-state index contributed by atoms with van der Waals surface area (Å²) in [5.74, 6) is 23.0. The summed E-state index contributed by atoms with van der Waals surface area (Å²) in [6, 6.07) is 9.49. The van der Waals surface area contributed by atoms with Crippen LogP contribution in [-0.4, -0.2) is 56.4 Å². The van der Waals surface area contributed by atoms with Gasteiger partial charge in [-0.05, 0) is 49.4 Å². The summed E-state index contributed by atoms with van der Waals surface area (Å²) in [5, 5.41) is 0. The van der Waals surface area contributed by atoms with Crippen molar-refractivity contribution in [2.45, 2.75) is 179 Å². The third-order valence-electron chi connectivity index (χ3n) is 9.28. The molecule has 8 heteroatoms. The van der Waals surface area contributed by atoms with Crippen molar-refractivity contribution in [1.82, 2.24) is 0 Å². The van der Waals surface area contributed by atoms with Gasteiger partial charge in [0.25, 0.3) is 0 Å². The highest BCUT2D eigenvalue weighted by Crippen LogP contribution is 2.37. The summed E-state index contributed by atoms with van der Waals surface area (Å²) < 4.78 is 36.1. The van der Waals surface area contributed by atoms with Crippen molar-refractivity contribution in [3.05, 3.63) is 35.9 Å². The first-order chi connectivity index (χ1) is 26.6. The zero-order chi connectivity index (χ0) is 38.5. The van der Waals surface area contributed by atoms with Gasteiger partial charge in [0.15, 0.2) is 24.8 Å². The number of hydrogen-bond acceptors (Lipinski definition) is 8. The number of methoxy groups -OCH3 is 1. The van der Waals surface area contributed by atoms with Crippen LogP contribution in [0.2, 0.25) is 0 Å². The maximum absolute atomic E-state index is 13.2. The first-order valence-corrected chi connectivity index (χ1v) is 20.4. The minimum atomic E-state index is -1.05. The molecule has 2 heterocycles. The van der Waals surface area contributed by atoms with Gasteiger partial charge in [0.1, 0.15) is 12.2 Å². The van der Waals surface area contributed by atoms with E-state index in [-0.39, 0.29) is 19.4 Å². The summed E-state index contributed by atoms with van der Waals surface area (Å²) in [6.07, 6.45) is 13.7. The molecule has 0 radical (unpaired) electrons. The second kappa shape index (κ2) is 28.7. The van der Waals surface area contributed by atoms with Crippen LogP contribution in [0.1, 0.15) is 154 Å². The van der Waals surface area contributed by atoms with Crippen molar-refractivity contribution in [2.24, 2.45) is 0 Å². The van der Waals surface area contributed by atoms with Gasteiger partial charge in [-0.1, -0.05) is 132 Å². The molecule has 2 fully saturated rings. The van der Waals surface area contributed by atoms with E-state index in [1.165, 1.54) is 71.3 Å². The lowest BCUT2D eigenvalue weighted by molar-refractivity contribution is -0.359. The van der Waals surface area contributed by atoms with E-state index in [0.29, 0.717) is 25.7 Å². The highest BCUT2D eigenvalue weighted by molar-refractivity contribution is 5.71. The topological polar surface area (TPSA) is 89.5 Å². The largest absolute Gasteiger partial charge is 0.455 e. The predicted molar refractivity (Wildman–Crippen MR) is 210 cm³/mol. The maximum Gasteiger partial charge on any atom is 0.306 e. The van der Waals surface area contributed by atoms with Gasteiger partial charge in [0, 0.05) is 51.2 Å². The number of hydrogen-bond donors (Lipinski definition) is 0. The number of rotatable bonds is 22. The Kier molecular flexibility index (Phi) is 23.7. The molecule has 1 aromatic carbocycles. The first kappa shape index (κ1) is 44.6. The number of ether oxygens (including phenoxy) is 6. The Morgan fingerprint density at radius 1 is 0.630 bits per heavy atom. The average molecular weight is 743 g/mol. The molecule has 0 bridgehead atoms. The molecule has 0 aromatic heterocycles. The minimum Gasteiger partial charge on any atom is -0.455 e. The smallest absolute Gasteiger partial charge is 0.306 e. The highest BCUT2D eigenvalue weighted by Gasteiger charge is 2.54. The van der Waals surface area contributed by atoms with Gasteiger partial charge in [-0.3, -0.25) is 9.59 Å². The standard InChI is InChI=1S/C46H62O8/c1-4-6-8-10-12-14-16-18-20-22-24-26-31-35-40(47)52-43-42-39(37-50-45(54-42)38-33-29-28-30-34-38)51-46(49-3)44(43)53-41(48)36-32-27-25-23-21-19-17-15-13-11-9-7-5-2/h28-30,33-34,39,42-46H,4-17,26-27,31-32,35-37H2,1-3H3/t39-,42-,43+,44-,45-,46+/m1/s1. The summed E-state index contributed by atoms with van der Waals surface area (Å²) >= 11 is 0. The van der Waals surface area contributed by atoms with Gasteiger partial charge < -0.3 is 28.4 Å². The number of esters is 2. The van der Waals surface area contributed by atoms with Crippen LogP contribution in [0.3, 0.4) is 0 Å². The van der Waals surface area contributed by atoms with Crippen LogP contribution in [0.5, 0.6) is 0 Å². The fourth-order valence-corrected chi connectivity index (χ4v) is 6.25. The van der Waals surface area contributed by atoms with Crippen molar-refractivity contribution in [3.63, 3.8) is 0 Å². The number of benzene rings is 1. The van der Waals surface area contributed by atoms with Gasteiger partial charge >= 0.3 is 11.9 Å². The van der Waals surface area contributed by atoms with E-state index in [1.54, 1.807) is 0 Å². The molecule has 294 valence electrons. The lowest BCUT2D eigenvalue weighted by Crippen LogP contribution is -2.64. The Morgan fingerprint density at radius 3 is 1.63 bits per heavy atom. The van der Waals surface area contributed by atoms with Crippen LogP contribution in [0.25, 0.3) is 0 Å². The van der Waals surface area contributed by atoms with Crippen LogP contribution >= 0.6 is 0 Å². The Hall–Kier alpha value is -3.76. The molecule has 54 heavy (non-hydrogen) atoms. The van der Waals surface area contributed by atoms with Crippen molar-refractivity contribution >= 4 is 11.9 Å². The molecule has 0 spiro atoms. The van der Waals surface area contributed by atoms with E-state index < -0.39 is 48.9 Å². The minimum absolute atomic E-state index is 0.124. The Morgan fingerprint density at radius 2 is 1.11 bits per heavy atom. The summed E-state index contributed by atoms with van der Waals surface area (Å²) in [6.45, 7) is 4.62. The lowest BCUT2D eigenvalue weighted by Gasteiger charge is -2.47. The Labute approximate surface area is 325 Å². The fraction of sp³-hybridized carbons (Fsp3) is 0.652. The normalized spacial score (nSPS) is 21.3. The molecule has 2 aliphatic heterocycles. The van der Waals surface area contributed by atoms with E-state index in [1.807, 2.05) is 30.3 Å². The van der Waals surface area contributed by atoms with Gasteiger partial charge in [-0.25, -0.2) is 0 Å². The molecule has 0 aliphatic carbocycles. The van der Waals surface area contributed by atoms with Gasteiger partial charge in [-0.15, -0.1) is 0 Å². The molecule has 1 aromatic rings. The number of unbranched alkanes of at least 4 members (excludes halogenated alkanes) is 14. The van der Waals surface area contributed by atoms with Gasteiger partial charge in [0.2, 0.25) is 0 Å². The summed E-state index contributed by atoms with van der Waals surface area (Å²) in [5.41, 5.74) is 0.810. The van der Waals surface area contributed by atoms with Crippen LogP contribution < -0.4 is 0 Å². The van der Waals surface area contributed by atoms with Crippen LogP contribution in [0.4, 0.5) is 0 Å². The molecule has 0 N–H and O–H groups in total. The molecule has 0 saturated carbocycles. The molecule has 0 unspecified atom stereocenters. The molecule has 0 amide bonds. The van der Waals surface area contributed by atoms with Crippen LogP contribution in [0, 0.1) is 47.4 Å². The second-order valence-corrected chi connectivity index (χ2v) is 13.8.